The number of nitrogens with one attached hydrogen (secondary N) is 2. The van der Waals surface area contributed by atoms with E-state index in [1.54, 1.807) is 21.3 Å². The Kier molecular flexibility index (Phi) is 5.72. The van der Waals surface area contributed by atoms with Gasteiger partial charge in [0, 0.05) is 6.54 Å². The highest BCUT2D eigenvalue weighted by Crippen LogP contribution is 2.40. The molecule has 0 aliphatic carbocycles. The zero-order valence-corrected chi connectivity index (χ0v) is 15.2. The van der Waals surface area contributed by atoms with Crippen molar-refractivity contribution < 1.29 is 14.2 Å². The second kappa shape index (κ2) is 8.18. The molecule has 0 spiro atoms. The van der Waals surface area contributed by atoms with Crippen molar-refractivity contribution in [2.24, 2.45) is 10.8 Å². The van der Waals surface area contributed by atoms with Gasteiger partial charge in [-0.15, -0.1) is 0 Å². The quantitative estimate of drug-likeness (QED) is 0.519. The van der Waals surface area contributed by atoms with Gasteiger partial charge in [-0.1, -0.05) is 30.3 Å². The van der Waals surface area contributed by atoms with Crippen LogP contribution in [-0.2, 0) is 0 Å². The maximum atomic E-state index is 5.85. The highest BCUT2D eigenvalue weighted by Gasteiger charge is 2.27. The van der Waals surface area contributed by atoms with Crippen LogP contribution in [0.25, 0.3) is 0 Å². The van der Waals surface area contributed by atoms with Crippen molar-refractivity contribution in [3.8, 4) is 17.2 Å². The van der Waals surface area contributed by atoms with Gasteiger partial charge in [-0.3, -0.25) is 16.2 Å². The number of aliphatic imine (C=N–C) groups is 1. The average Bonchev–Trinajstić information content (AvgIpc) is 3.18. The molecule has 0 radical (unpaired) electrons. The lowest BCUT2D eigenvalue weighted by atomic mass is 10.0. The lowest BCUT2D eigenvalue weighted by Crippen LogP contribution is -2.35. The number of benzene rings is 2. The van der Waals surface area contributed by atoms with E-state index in [2.05, 4.69) is 22.9 Å². The van der Waals surface area contributed by atoms with Gasteiger partial charge in [-0.2, -0.15) is 0 Å². The van der Waals surface area contributed by atoms with Crippen molar-refractivity contribution in [3.05, 3.63) is 53.6 Å². The Hall–Kier alpha value is -2.61. The molecular formula is C19H24N4O3. The third-order valence-corrected chi connectivity index (χ3v) is 4.41. The summed E-state index contributed by atoms with van der Waals surface area (Å²) in [5.41, 5.74) is 5.76. The first-order valence-corrected chi connectivity index (χ1v) is 8.32. The summed E-state index contributed by atoms with van der Waals surface area (Å²) >= 11 is 0. The topological polar surface area (TPSA) is 90.1 Å². The summed E-state index contributed by atoms with van der Waals surface area (Å²) in [6, 6.07) is 13.6. The van der Waals surface area contributed by atoms with Crippen molar-refractivity contribution in [2.75, 3.05) is 27.9 Å². The molecule has 1 heterocycles. The Bertz CT molecular complexity index is 755. The molecule has 1 aliphatic heterocycles. The standard InChI is InChI=1S/C19H24N4O3/c1-24-15-9-13(10-16(25-2)18(15)26-3)17(23-20)14-11-21-19(22-14)12-7-5-4-6-8-12/h4-10,17,19,21,23H,11,20H2,1-3H3. The molecule has 7 heteroatoms. The molecule has 0 fully saturated rings. The number of nitrogens with two attached hydrogens (primary N) is 1. The number of methoxy groups -OCH3 is 3. The van der Waals surface area contributed by atoms with Gasteiger partial charge in [0.25, 0.3) is 0 Å². The molecule has 26 heavy (non-hydrogen) atoms. The summed E-state index contributed by atoms with van der Waals surface area (Å²) < 4.78 is 16.3. The number of ether oxygens (including phenoxy) is 3. The fraction of sp³-hybridized carbons (Fsp3) is 0.316. The van der Waals surface area contributed by atoms with Gasteiger partial charge in [0.2, 0.25) is 5.75 Å². The summed E-state index contributed by atoms with van der Waals surface area (Å²) in [5, 5.41) is 3.40. The number of hydrazine groups is 1. The van der Waals surface area contributed by atoms with Crippen LogP contribution >= 0.6 is 0 Å². The third-order valence-electron chi connectivity index (χ3n) is 4.41. The molecule has 3 rings (SSSR count). The normalized spacial score (nSPS) is 17.5. The van der Waals surface area contributed by atoms with Crippen molar-refractivity contribution in [2.45, 2.75) is 12.2 Å². The fourth-order valence-corrected chi connectivity index (χ4v) is 3.12. The lowest BCUT2D eigenvalue weighted by Gasteiger charge is -2.20. The summed E-state index contributed by atoms with van der Waals surface area (Å²) in [5.74, 6) is 7.55. The van der Waals surface area contributed by atoms with E-state index in [1.165, 1.54) is 0 Å². The molecule has 2 aromatic carbocycles. The van der Waals surface area contributed by atoms with Crippen molar-refractivity contribution in [3.63, 3.8) is 0 Å². The van der Waals surface area contributed by atoms with E-state index in [4.69, 9.17) is 25.0 Å². The van der Waals surface area contributed by atoms with E-state index in [0.717, 1.165) is 16.8 Å². The molecular weight excluding hydrogens is 332 g/mol. The smallest absolute Gasteiger partial charge is 0.203 e. The molecule has 0 aromatic heterocycles. The third kappa shape index (κ3) is 3.50. The number of nitrogens with zero attached hydrogens (tertiary/aromatic N) is 1. The average molecular weight is 356 g/mol. The predicted octanol–water partition coefficient (Wildman–Crippen LogP) is 1.96. The fourth-order valence-electron chi connectivity index (χ4n) is 3.12. The van der Waals surface area contributed by atoms with Crippen LogP contribution < -0.4 is 30.8 Å². The summed E-state index contributed by atoms with van der Waals surface area (Å²) in [7, 11) is 4.76. The van der Waals surface area contributed by atoms with Crippen LogP contribution in [0.3, 0.4) is 0 Å². The van der Waals surface area contributed by atoms with Gasteiger partial charge in [0.15, 0.2) is 11.5 Å². The van der Waals surface area contributed by atoms with Crippen molar-refractivity contribution in [1.82, 2.24) is 10.7 Å². The minimum Gasteiger partial charge on any atom is -0.493 e. The first-order valence-electron chi connectivity index (χ1n) is 8.32. The zero-order chi connectivity index (χ0) is 18.5. The van der Waals surface area contributed by atoms with Crippen LogP contribution in [0.1, 0.15) is 23.3 Å². The minimum absolute atomic E-state index is 0.0795. The van der Waals surface area contributed by atoms with Crippen LogP contribution in [0.15, 0.2) is 47.5 Å². The van der Waals surface area contributed by atoms with Gasteiger partial charge in [0.05, 0.1) is 33.1 Å². The maximum Gasteiger partial charge on any atom is 0.203 e. The van der Waals surface area contributed by atoms with Gasteiger partial charge in [0.1, 0.15) is 6.17 Å². The largest absolute Gasteiger partial charge is 0.493 e. The predicted molar refractivity (Wildman–Crippen MR) is 101 cm³/mol. The van der Waals surface area contributed by atoms with Crippen LogP contribution in [0, 0.1) is 0 Å². The van der Waals surface area contributed by atoms with E-state index >= 15 is 0 Å². The molecule has 0 amide bonds. The molecule has 2 unspecified atom stereocenters. The van der Waals surface area contributed by atoms with E-state index < -0.39 is 0 Å². The van der Waals surface area contributed by atoms with Gasteiger partial charge in [-0.05, 0) is 23.3 Å². The highest BCUT2D eigenvalue weighted by atomic mass is 16.5. The molecule has 138 valence electrons. The van der Waals surface area contributed by atoms with Crippen molar-refractivity contribution in [1.29, 1.82) is 0 Å². The summed E-state index contributed by atoms with van der Waals surface area (Å²) in [4.78, 5) is 4.81. The van der Waals surface area contributed by atoms with Gasteiger partial charge in [-0.25, -0.2) is 5.43 Å². The second-order valence-corrected chi connectivity index (χ2v) is 5.87. The second-order valence-electron chi connectivity index (χ2n) is 5.87. The minimum atomic E-state index is -0.273. The van der Waals surface area contributed by atoms with Gasteiger partial charge < -0.3 is 14.2 Å². The monoisotopic (exact) mass is 356 g/mol. The number of hydrogen-bond acceptors (Lipinski definition) is 7. The van der Waals surface area contributed by atoms with Crippen LogP contribution in [0.2, 0.25) is 0 Å². The Balaban J connectivity index is 1.94. The lowest BCUT2D eigenvalue weighted by molar-refractivity contribution is 0.323. The van der Waals surface area contributed by atoms with E-state index in [1.807, 2.05) is 30.3 Å². The van der Waals surface area contributed by atoms with Crippen LogP contribution in [-0.4, -0.2) is 33.6 Å². The molecule has 2 aromatic rings. The Morgan fingerprint density at radius 3 is 2.27 bits per heavy atom. The van der Waals surface area contributed by atoms with Crippen molar-refractivity contribution >= 4 is 5.71 Å². The molecule has 7 nitrogen and oxygen atoms in total. The van der Waals surface area contributed by atoms with E-state index in [9.17, 15) is 0 Å². The molecule has 0 saturated heterocycles. The Morgan fingerprint density at radius 2 is 1.73 bits per heavy atom. The molecule has 2 atom stereocenters. The first kappa shape index (κ1) is 18.2. The number of hydrogen-bond donors (Lipinski definition) is 3. The zero-order valence-electron chi connectivity index (χ0n) is 15.2. The first-order chi connectivity index (χ1) is 12.7. The maximum absolute atomic E-state index is 5.85. The van der Waals surface area contributed by atoms with E-state index in [-0.39, 0.29) is 12.2 Å². The molecule has 1 aliphatic rings. The molecule has 4 N–H and O–H groups in total. The van der Waals surface area contributed by atoms with Crippen LogP contribution in [0.4, 0.5) is 0 Å². The van der Waals surface area contributed by atoms with Gasteiger partial charge >= 0.3 is 0 Å². The molecule has 0 saturated carbocycles. The number of rotatable bonds is 7. The SMILES string of the molecule is COc1cc(C(NN)C2=NC(c3ccccc3)NC2)cc(OC)c1OC. The van der Waals surface area contributed by atoms with E-state index in [0.29, 0.717) is 23.8 Å². The summed E-state index contributed by atoms with van der Waals surface area (Å²) in [6.07, 6.45) is -0.0795. The highest BCUT2D eigenvalue weighted by molar-refractivity contribution is 5.94. The Labute approximate surface area is 153 Å². The Morgan fingerprint density at radius 1 is 1.08 bits per heavy atom. The van der Waals surface area contributed by atoms with Crippen LogP contribution in [0.5, 0.6) is 17.2 Å². The molecule has 0 bridgehead atoms. The summed E-state index contributed by atoms with van der Waals surface area (Å²) in [6.45, 7) is 0.630.